The maximum atomic E-state index is 12.2. The molecule has 246 valence electrons. The minimum atomic E-state index is -0.106. The number of hydrogen-bond donors (Lipinski definition) is 2. The van der Waals surface area contributed by atoms with Crippen molar-refractivity contribution in [3.8, 4) is 11.6 Å². The van der Waals surface area contributed by atoms with E-state index >= 15 is 0 Å². The van der Waals surface area contributed by atoms with E-state index < -0.39 is 0 Å². The Hall–Kier alpha value is -6.32. The number of azo groups is 2. The quantitative estimate of drug-likeness (QED) is 0.188. The number of anilines is 2. The molecule has 0 aliphatic carbocycles. The number of amides is 2. The molecule has 4 N–H and O–H groups in total. The Kier molecular flexibility index (Phi) is 9.63. The lowest BCUT2D eigenvalue weighted by Crippen LogP contribution is -2.21. The number of nitrogens with two attached hydrogens (primary N) is 2. The van der Waals surface area contributed by atoms with Crippen molar-refractivity contribution in [1.82, 2.24) is 39.3 Å². The number of benzene rings is 2. The second-order valence-corrected chi connectivity index (χ2v) is 11.0. The number of rotatable bonds is 10. The van der Waals surface area contributed by atoms with Gasteiger partial charge in [0.05, 0.1) is 22.8 Å². The van der Waals surface area contributed by atoms with Crippen molar-refractivity contribution in [2.24, 2.45) is 20.5 Å². The van der Waals surface area contributed by atoms with Crippen LogP contribution in [0.2, 0.25) is 0 Å². The smallest absolute Gasteiger partial charge is 0.253 e. The van der Waals surface area contributed by atoms with Gasteiger partial charge < -0.3 is 21.3 Å². The molecule has 0 saturated heterocycles. The molecule has 2 amide bonds. The standard InChI is InChI=1S/C32H36N14O2/c1-7-23-27(39-37-21-13-9-19(10-14-21)31(47)43(3)4)29(33)45(41-23)25-17-26(36-18-35-25)46-30(34)28(24(8-2)42-46)40-38-22-15-11-20(12-16-22)32(48)44(5)6/h9-18H,7-8,33-34H2,1-6H3. The van der Waals surface area contributed by atoms with Gasteiger partial charge in [0.2, 0.25) is 0 Å². The molecular weight excluding hydrogens is 612 g/mol. The first-order chi connectivity index (χ1) is 23.0. The van der Waals surface area contributed by atoms with E-state index in [-0.39, 0.29) is 23.5 Å². The number of aromatic nitrogens is 6. The highest BCUT2D eigenvalue weighted by Crippen LogP contribution is 2.33. The van der Waals surface area contributed by atoms with Crippen molar-refractivity contribution in [2.45, 2.75) is 26.7 Å². The molecule has 0 fully saturated rings. The number of aryl methyl sites for hydroxylation is 2. The number of carbonyl (C=O) groups excluding carboxylic acids is 2. The summed E-state index contributed by atoms with van der Waals surface area (Å²) >= 11 is 0. The summed E-state index contributed by atoms with van der Waals surface area (Å²) in [5, 5.41) is 26.7. The summed E-state index contributed by atoms with van der Waals surface area (Å²) in [6, 6.07) is 15.2. The molecule has 16 heteroatoms. The van der Waals surface area contributed by atoms with Gasteiger partial charge in [-0.2, -0.15) is 29.8 Å². The third-order valence-corrected chi connectivity index (χ3v) is 7.24. The van der Waals surface area contributed by atoms with Gasteiger partial charge in [0, 0.05) is 45.4 Å². The summed E-state index contributed by atoms with van der Waals surface area (Å²) in [6.45, 7) is 3.87. The predicted molar refractivity (Wildman–Crippen MR) is 181 cm³/mol. The Morgan fingerprint density at radius 2 is 1.02 bits per heavy atom. The Balaban J connectivity index is 1.42. The van der Waals surface area contributed by atoms with E-state index in [1.165, 1.54) is 25.5 Å². The fraction of sp³-hybridized carbons (Fsp3) is 0.250. The summed E-state index contributed by atoms with van der Waals surface area (Å²) in [5.74, 6) is 0.981. The molecule has 0 atom stereocenters. The summed E-state index contributed by atoms with van der Waals surface area (Å²) in [5.41, 5.74) is 17.3. The van der Waals surface area contributed by atoms with Crippen LogP contribution < -0.4 is 11.5 Å². The van der Waals surface area contributed by atoms with Gasteiger partial charge in [-0.1, -0.05) is 13.8 Å². The first-order valence-corrected chi connectivity index (χ1v) is 15.1. The van der Waals surface area contributed by atoms with E-state index in [4.69, 9.17) is 11.5 Å². The van der Waals surface area contributed by atoms with E-state index in [1.54, 1.807) is 82.8 Å². The van der Waals surface area contributed by atoms with E-state index in [1.807, 2.05) is 13.8 Å². The molecule has 0 unspecified atom stereocenters. The Morgan fingerprint density at radius 1 is 0.646 bits per heavy atom. The van der Waals surface area contributed by atoms with Crippen LogP contribution >= 0.6 is 0 Å². The van der Waals surface area contributed by atoms with Crippen molar-refractivity contribution in [1.29, 1.82) is 0 Å². The van der Waals surface area contributed by atoms with Crippen LogP contribution in [0.25, 0.3) is 11.6 Å². The van der Waals surface area contributed by atoms with E-state index in [9.17, 15) is 9.59 Å². The van der Waals surface area contributed by atoms with Crippen molar-refractivity contribution in [3.05, 3.63) is 83.4 Å². The molecular formula is C32H36N14O2. The maximum Gasteiger partial charge on any atom is 0.253 e. The lowest BCUT2D eigenvalue weighted by atomic mass is 10.2. The second-order valence-electron chi connectivity index (χ2n) is 11.0. The molecule has 3 aromatic heterocycles. The molecule has 5 aromatic rings. The molecule has 0 saturated carbocycles. The molecule has 2 aromatic carbocycles. The number of hydrogen-bond acceptors (Lipinski definition) is 12. The highest BCUT2D eigenvalue weighted by atomic mass is 16.2. The SMILES string of the molecule is CCc1nn(-c2cc(-n3nc(CC)c(N=Nc4ccc(C(=O)N(C)C)cc4)c3N)ncn2)c(N)c1N=Nc1ccc(C(=O)N(C)C)cc1. The Labute approximate surface area is 276 Å². The molecule has 0 spiro atoms. The van der Waals surface area contributed by atoms with Gasteiger partial charge in [-0.05, 0) is 61.4 Å². The molecule has 5 rings (SSSR count). The molecule has 16 nitrogen and oxygen atoms in total. The monoisotopic (exact) mass is 648 g/mol. The highest BCUT2D eigenvalue weighted by molar-refractivity contribution is 5.94. The summed E-state index contributed by atoms with van der Waals surface area (Å²) < 4.78 is 2.92. The van der Waals surface area contributed by atoms with Gasteiger partial charge in [0.25, 0.3) is 11.8 Å². The summed E-state index contributed by atoms with van der Waals surface area (Å²) in [6.07, 6.45) is 2.43. The van der Waals surface area contributed by atoms with Crippen LogP contribution in [0.3, 0.4) is 0 Å². The summed E-state index contributed by atoms with van der Waals surface area (Å²) in [4.78, 5) is 36.2. The average molecular weight is 649 g/mol. The normalized spacial score (nSPS) is 11.5. The van der Waals surface area contributed by atoms with Gasteiger partial charge in [-0.25, -0.2) is 9.97 Å². The van der Waals surface area contributed by atoms with Gasteiger partial charge in [0.15, 0.2) is 34.6 Å². The number of carbonyl (C=O) groups is 2. The molecule has 0 aliphatic rings. The van der Waals surface area contributed by atoms with Crippen LogP contribution in [0.4, 0.5) is 34.4 Å². The molecule has 0 bridgehead atoms. The second kappa shape index (κ2) is 14.0. The number of nitrogen functional groups attached to an aromatic ring is 2. The fourth-order valence-corrected chi connectivity index (χ4v) is 4.63. The fourth-order valence-electron chi connectivity index (χ4n) is 4.63. The third-order valence-electron chi connectivity index (χ3n) is 7.24. The van der Waals surface area contributed by atoms with Crippen LogP contribution in [0.1, 0.15) is 46.0 Å². The van der Waals surface area contributed by atoms with Crippen LogP contribution in [-0.4, -0.2) is 79.3 Å². The number of nitrogens with zero attached hydrogens (tertiary/aromatic N) is 12. The van der Waals surface area contributed by atoms with E-state index in [2.05, 4.69) is 40.6 Å². The first-order valence-electron chi connectivity index (χ1n) is 15.1. The molecule has 0 aliphatic heterocycles. The maximum absolute atomic E-state index is 12.2. The lowest BCUT2D eigenvalue weighted by Gasteiger charge is -2.09. The first kappa shape index (κ1) is 33.1. The highest BCUT2D eigenvalue weighted by Gasteiger charge is 2.20. The summed E-state index contributed by atoms with van der Waals surface area (Å²) in [7, 11) is 6.78. The van der Waals surface area contributed by atoms with Gasteiger partial charge in [-0.3, -0.25) is 9.59 Å². The average Bonchev–Trinajstić information content (AvgIpc) is 3.60. The minimum absolute atomic E-state index is 0.106. The van der Waals surface area contributed by atoms with E-state index in [0.29, 0.717) is 69.7 Å². The van der Waals surface area contributed by atoms with Crippen molar-refractivity contribution in [2.75, 3.05) is 39.7 Å². The van der Waals surface area contributed by atoms with Crippen LogP contribution in [0, 0.1) is 0 Å². The predicted octanol–water partition coefficient (Wildman–Crippen LogP) is 5.37. The zero-order valence-electron chi connectivity index (χ0n) is 27.5. The van der Waals surface area contributed by atoms with Crippen LogP contribution in [0.5, 0.6) is 0 Å². The van der Waals surface area contributed by atoms with E-state index in [0.717, 1.165) is 0 Å². The van der Waals surface area contributed by atoms with Crippen molar-refractivity contribution < 1.29 is 9.59 Å². The van der Waals surface area contributed by atoms with Crippen molar-refractivity contribution >= 4 is 46.2 Å². The van der Waals surface area contributed by atoms with Crippen LogP contribution in [0.15, 0.2) is 81.4 Å². The van der Waals surface area contributed by atoms with Gasteiger partial charge >= 0.3 is 0 Å². The molecule has 3 heterocycles. The zero-order chi connectivity index (χ0) is 34.5. The topological polar surface area (TPSA) is 204 Å². The van der Waals surface area contributed by atoms with Gasteiger partial charge in [0.1, 0.15) is 6.33 Å². The Bertz CT molecular complexity index is 1860. The van der Waals surface area contributed by atoms with Gasteiger partial charge in [-0.15, -0.1) is 10.2 Å². The Morgan fingerprint density at radius 3 is 1.35 bits per heavy atom. The largest absolute Gasteiger partial charge is 0.382 e. The minimum Gasteiger partial charge on any atom is -0.382 e. The lowest BCUT2D eigenvalue weighted by molar-refractivity contribution is 0.0820. The molecule has 0 radical (unpaired) electrons. The van der Waals surface area contributed by atoms with Crippen LogP contribution in [-0.2, 0) is 12.8 Å². The molecule has 48 heavy (non-hydrogen) atoms. The van der Waals surface area contributed by atoms with Crippen molar-refractivity contribution in [3.63, 3.8) is 0 Å². The third kappa shape index (κ3) is 6.76. The zero-order valence-corrected chi connectivity index (χ0v) is 27.5.